The molecule has 2 aromatic rings. The summed E-state index contributed by atoms with van der Waals surface area (Å²) in [6.07, 6.45) is 0.645. The third-order valence-corrected chi connectivity index (χ3v) is 13.4. The van der Waals surface area contributed by atoms with Crippen LogP contribution in [0.1, 0.15) is 108 Å². The van der Waals surface area contributed by atoms with Gasteiger partial charge in [0.25, 0.3) is 0 Å². The number of rotatable bonds is 9. The molecule has 50 heavy (non-hydrogen) atoms. The normalized spacial score (nSPS) is 25.0. The molecule has 0 N–H and O–H groups in total. The molecule has 15 nitrogen and oxygen atoms in total. The van der Waals surface area contributed by atoms with Crippen molar-refractivity contribution in [1.82, 2.24) is 19.7 Å². The molecule has 3 fully saturated rings. The van der Waals surface area contributed by atoms with Crippen LogP contribution >= 0.6 is 19.2 Å². The number of ether oxygens (including phenoxy) is 4. The third kappa shape index (κ3) is 9.35. The van der Waals surface area contributed by atoms with Gasteiger partial charge < -0.3 is 28.0 Å². The first-order chi connectivity index (χ1) is 22.7. The van der Waals surface area contributed by atoms with E-state index in [9.17, 15) is 17.8 Å². The molecule has 0 unspecified atom stereocenters. The molecule has 2 aromatic heterocycles. The van der Waals surface area contributed by atoms with Gasteiger partial charge in [-0.1, -0.05) is 12.8 Å². The molecule has 1 saturated carbocycles. The van der Waals surface area contributed by atoms with Crippen molar-refractivity contribution in [2.75, 3.05) is 16.1 Å². The van der Waals surface area contributed by atoms with E-state index >= 15 is 0 Å². The van der Waals surface area contributed by atoms with E-state index in [1.54, 1.807) is 76.2 Å². The van der Waals surface area contributed by atoms with Crippen LogP contribution in [-0.4, -0.2) is 92.5 Å². The molecule has 0 spiro atoms. The predicted octanol–water partition coefficient (Wildman–Crippen LogP) is 6.78. The van der Waals surface area contributed by atoms with Crippen molar-refractivity contribution in [3.63, 3.8) is 0 Å². The van der Waals surface area contributed by atoms with E-state index in [4.69, 9.17) is 39.6 Å². The molecule has 1 aliphatic carbocycles. The fraction of sp³-hybridized carbons (Fsp3) is 0.812. The second kappa shape index (κ2) is 13.5. The van der Waals surface area contributed by atoms with Gasteiger partial charge in [0.2, 0.25) is 5.28 Å². The van der Waals surface area contributed by atoms with Crippen LogP contribution in [0.5, 0.6) is 0 Å². The fourth-order valence-electron chi connectivity index (χ4n) is 6.58. The summed E-state index contributed by atoms with van der Waals surface area (Å²) in [5.41, 5.74) is -3.26. The molecule has 3 aliphatic rings. The molecular formula is C32H51ClN5O10PS. The van der Waals surface area contributed by atoms with Crippen molar-refractivity contribution >= 4 is 52.0 Å². The SMILES string of the molecule is CC(C)(C)OC(=O)N(c1nc(Cl)nc2c1cnn2[C@@H]1O[C@H](CS(=O)(=O)CP(=O)(OC(C)(C)C)OC(C)(C)C)[C@H]2OC(C)(C)O[C@H]21)C1CCCC1. The Morgan fingerprint density at radius 2 is 1.58 bits per heavy atom. The molecule has 4 heterocycles. The number of anilines is 1. The first kappa shape index (κ1) is 39.3. The summed E-state index contributed by atoms with van der Waals surface area (Å²) >= 11 is 6.50. The van der Waals surface area contributed by atoms with Crippen LogP contribution in [0.3, 0.4) is 0 Å². The Morgan fingerprint density at radius 1 is 1.00 bits per heavy atom. The minimum Gasteiger partial charge on any atom is -0.443 e. The highest BCUT2D eigenvalue weighted by Gasteiger charge is 2.58. The number of hydrogen-bond donors (Lipinski definition) is 0. The molecule has 2 saturated heterocycles. The molecule has 4 atom stereocenters. The van der Waals surface area contributed by atoms with Crippen LogP contribution in [0.4, 0.5) is 10.6 Å². The Morgan fingerprint density at radius 3 is 2.14 bits per heavy atom. The van der Waals surface area contributed by atoms with Crippen LogP contribution in [0.2, 0.25) is 5.28 Å². The monoisotopic (exact) mass is 763 g/mol. The fourth-order valence-corrected chi connectivity index (χ4v) is 12.0. The Hall–Kier alpha value is -1.91. The van der Waals surface area contributed by atoms with Gasteiger partial charge in [-0.15, -0.1) is 0 Å². The molecular weight excluding hydrogens is 713 g/mol. The smallest absolute Gasteiger partial charge is 0.416 e. The largest absolute Gasteiger partial charge is 0.443 e. The number of nitrogens with zero attached hydrogens (tertiary/aromatic N) is 5. The lowest BCUT2D eigenvalue weighted by atomic mass is 10.1. The molecule has 0 bridgehead atoms. The quantitative estimate of drug-likeness (QED) is 0.194. The zero-order chi connectivity index (χ0) is 37.2. The van der Waals surface area contributed by atoms with Crippen LogP contribution < -0.4 is 4.90 Å². The van der Waals surface area contributed by atoms with Gasteiger partial charge >= 0.3 is 13.7 Å². The summed E-state index contributed by atoms with van der Waals surface area (Å²) in [5.74, 6) is -1.40. The van der Waals surface area contributed by atoms with E-state index in [0.717, 1.165) is 25.7 Å². The van der Waals surface area contributed by atoms with E-state index < -0.39 is 81.9 Å². The molecule has 2 aliphatic heterocycles. The molecule has 5 rings (SSSR count). The van der Waals surface area contributed by atoms with Crippen molar-refractivity contribution in [2.45, 2.75) is 155 Å². The van der Waals surface area contributed by atoms with Gasteiger partial charge in [0.15, 0.2) is 38.8 Å². The molecule has 1 amide bonds. The molecule has 0 radical (unpaired) electrons. The molecule has 0 aromatic carbocycles. The first-order valence-corrected chi connectivity index (χ1v) is 20.8. The van der Waals surface area contributed by atoms with E-state index in [1.165, 1.54) is 15.8 Å². The van der Waals surface area contributed by atoms with Crippen LogP contribution in [-0.2, 0) is 42.4 Å². The maximum absolute atomic E-state index is 13.9. The Kier molecular flexibility index (Phi) is 10.6. The predicted molar refractivity (Wildman–Crippen MR) is 187 cm³/mol. The van der Waals surface area contributed by atoms with Crippen molar-refractivity contribution in [2.24, 2.45) is 0 Å². The van der Waals surface area contributed by atoms with Gasteiger partial charge in [-0.05, 0) is 101 Å². The van der Waals surface area contributed by atoms with E-state index in [-0.39, 0.29) is 22.8 Å². The Bertz CT molecular complexity index is 1720. The number of carbonyl (C=O) groups excluding carboxylic acids is 1. The van der Waals surface area contributed by atoms with E-state index in [0.29, 0.717) is 5.39 Å². The summed E-state index contributed by atoms with van der Waals surface area (Å²) in [4.78, 5) is 24.1. The summed E-state index contributed by atoms with van der Waals surface area (Å²) in [5, 5.41) is 4.87. The van der Waals surface area contributed by atoms with Crippen LogP contribution in [0.15, 0.2) is 6.20 Å². The third-order valence-electron chi connectivity index (χ3n) is 7.88. The van der Waals surface area contributed by atoms with Crippen LogP contribution in [0.25, 0.3) is 11.0 Å². The maximum atomic E-state index is 13.9. The number of halogens is 1. The summed E-state index contributed by atoms with van der Waals surface area (Å²) in [6, 6.07) is -0.170. The topological polar surface area (TPSA) is 170 Å². The lowest BCUT2D eigenvalue weighted by Gasteiger charge is -2.32. The van der Waals surface area contributed by atoms with Gasteiger partial charge in [0.05, 0.1) is 28.5 Å². The zero-order valence-electron chi connectivity index (χ0n) is 30.8. The average molecular weight is 764 g/mol. The van der Waals surface area contributed by atoms with E-state index in [2.05, 4.69) is 15.1 Å². The first-order valence-electron chi connectivity index (χ1n) is 16.9. The van der Waals surface area contributed by atoms with Gasteiger partial charge in [-0.25, -0.2) is 17.9 Å². The number of carbonyl (C=O) groups is 1. The van der Waals surface area contributed by atoms with E-state index in [1.807, 2.05) is 0 Å². The van der Waals surface area contributed by atoms with Gasteiger partial charge in [0.1, 0.15) is 23.9 Å². The number of hydrogen-bond acceptors (Lipinski definition) is 13. The second-order valence-electron chi connectivity index (χ2n) is 16.6. The lowest BCUT2D eigenvalue weighted by Crippen LogP contribution is -2.43. The van der Waals surface area contributed by atoms with Crippen molar-refractivity contribution in [1.29, 1.82) is 0 Å². The van der Waals surface area contributed by atoms with Gasteiger partial charge in [-0.3, -0.25) is 9.46 Å². The summed E-state index contributed by atoms with van der Waals surface area (Å²) in [6.45, 7) is 18.9. The number of aromatic nitrogens is 4. The second-order valence-corrected chi connectivity index (χ2v) is 21.4. The number of amides is 1. The minimum atomic E-state index is -4.15. The van der Waals surface area contributed by atoms with Crippen LogP contribution in [0, 0.1) is 0 Å². The molecule has 18 heteroatoms. The highest BCUT2D eigenvalue weighted by atomic mass is 35.5. The van der Waals surface area contributed by atoms with Crippen molar-refractivity contribution in [3.05, 3.63) is 11.5 Å². The average Bonchev–Trinajstić information content (AvgIpc) is 3.65. The highest BCUT2D eigenvalue weighted by molar-refractivity contribution is 7.97. The van der Waals surface area contributed by atoms with Gasteiger partial charge in [0, 0.05) is 6.04 Å². The maximum Gasteiger partial charge on any atom is 0.416 e. The summed E-state index contributed by atoms with van der Waals surface area (Å²) in [7, 11) is -8.29. The van der Waals surface area contributed by atoms with Gasteiger partial charge in [-0.2, -0.15) is 15.1 Å². The van der Waals surface area contributed by atoms with Crippen molar-refractivity contribution < 1.29 is 45.8 Å². The Balaban J connectivity index is 1.49. The zero-order valence-corrected chi connectivity index (χ0v) is 33.2. The highest BCUT2D eigenvalue weighted by Crippen LogP contribution is 2.56. The number of sulfone groups is 1. The molecule has 282 valence electrons. The lowest BCUT2D eigenvalue weighted by molar-refractivity contribution is -0.195. The standard InChI is InChI=1S/C32H51ClN5O10PS/c1-29(2,3)46-28(39)37(19-14-12-13-15-19)24-20-16-34-38(25(20)36-27(33)35-24)26-23-22(44-32(10,11)45-23)21(43-26)17-50(41,42)18-49(40,47-30(4,5)6)48-31(7,8)9/h16,19,21-23,26H,12-15,17-18H2,1-11H3/t21-,22-,23-,26-/m1/s1. The summed E-state index contributed by atoms with van der Waals surface area (Å²) < 4.78 is 79.0. The minimum absolute atomic E-state index is 0.133. The Labute approximate surface area is 299 Å². The van der Waals surface area contributed by atoms with Crippen molar-refractivity contribution in [3.8, 4) is 0 Å². The number of fused-ring (bicyclic) bond motifs is 2.